The van der Waals surface area contributed by atoms with Gasteiger partial charge in [0.05, 0.1) is 6.54 Å². The second-order valence-electron chi connectivity index (χ2n) is 5.06. The quantitative estimate of drug-likeness (QED) is 0.643. The normalized spacial score (nSPS) is 15.4. The van der Waals surface area contributed by atoms with Gasteiger partial charge in [0, 0.05) is 27.8 Å². The van der Waals surface area contributed by atoms with E-state index in [4.69, 9.17) is 0 Å². The molecule has 0 radical (unpaired) electrons. The number of nitrogens with one attached hydrogen (secondary N) is 2. The smallest absolute Gasteiger partial charge is 0.234 e. The average molecular weight is 262 g/mol. The summed E-state index contributed by atoms with van der Waals surface area (Å²) in [5.41, 5.74) is -0.142. The van der Waals surface area contributed by atoms with Crippen LogP contribution in [0.25, 0.3) is 0 Å². The van der Waals surface area contributed by atoms with Gasteiger partial charge >= 0.3 is 0 Å². The van der Waals surface area contributed by atoms with Crippen molar-refractivity contribution in [3.63, 3.8) is 0 Å². The molecule has 0 aliphatic carbocycles. The fraction of sp³-hybridized carbons (Fsp3) is 0.917. The molecule has 0 saturated carbocycles. The molecule has 1 amide bonds. The molecule has 0 heterocycles. The van der Waals surface area contributed by atoms with Crippen molar-refractivity contribution < 1.29 is 9.00 Å². The van der Waals surface area contributed by atoms with Crippen LogP contribution in [0.3, 0.4) is 0 Å². The van der Waals surface area contributed by atoms with Crippen molar-refractivity contribution in [1.82, 2.24) is 10.6 Å². The first-order valence-electron chi connectivity index (χ1n) is 6.12. The van der Waals surface area contributed by atoms with Gasteiger partial charge in [-0.3, -0.25) is 9.00 Å². The molecule has 0 aromatic rings. The third-order valence-electron chi connectivity index (χ3n) is 2.94. The minimum absolute atomic E-state index is 0.0159. The van der Waals surface area contributed by atoms with Gasteiger partial charge in [0.25, 0.3) is 0 Å². The minimum Gasteiger partial charge on any atom is -0.350 e. The van der Waals surface area contributed by atoms with Crippen LogP contribution < -0.4 is 10.6 Å². The molecule has 0 aromatic heterocycles. The van der Waals surface area contributed by atoms with E-state index < -0.39 is 10.8 Å². The first-order chi connectivity index (χ1) is 7.78. The maximum absolute atomic E-state index is 11.6. The van der Waals surface area contributed by atoms with Crippen molar-refractivity contribution in [3.8, 4) is 0 Å². The molecule has 2 unspecified atom stereocenters. The van der Waals surface area contributed by atoms with E-state index in [0.29, 0.717) is 6.54 Å². The Balaban J connectivity index is 3.69. The van der Waals surface area contributed by atoms with Gasteiger partial charge in [-0.1, -0.05) is 13.8 Å². The molecule has 5 heteroatoms. The molecular weight excluding hydrogens is 236 g/mol. The molecule has 0 aromatic carbocycles. The van der Waals surface area contributed by atoms with E-state index in [1.165, 1.54) is 0 Å². The third-order valence-corrected chi connectivity index (χ3v) is 4.31. The van der Waals surface area contributed by atoms with Gasteiger partial charge in [-0.05, 0) is 33.2 Å². The van der Waals surface area contributed by atoms with Crippen molar-refractivity contribution in [1.29, 1.82) is 0 Å². The first kappa shape index (κ1) is 16.6. The molecule has 0 aliphatic rings. The molecule has 2 N–H and O–H groups in total. The first-order valence-corrected chi connectivity index (χ1v) is 7.74. The molecule has 0 bridgehead atoms. The number of hydrogen-bond donors (Lipinski definition) is 2. The second-order valence-corrected chi connectivity index (χ2v) is 6.86. The third kappa shape index (κ3) is 8.32. The molecule has 0 rings (SSSR count). The van der Waals surface area contributed by atoms with Crippen LogP contribution >= 0.6 is 0 Å². The summed E-state index contributed by atoms with van der Waals surface area (Å²) >= 11 is 0. The predicted molar refractivity (Wildman–Crippen MR) is 73.5 cm³/mol. The Morgan fingerprint density at radius 2 is 2.00 bits per heavy atom. The van der Waals surface area contributed by atoms with Crippen molar-refractivity contribution in [2.24, 2.45) is 0 Å². The SMILES string of the molecule is CCC(C)(C)NC(=O)CNCCC(C)S(C)=O. The minimum atomic E-state index is -0.782. The van der Waals surface area contributed by atoms with Crippen molar-refractivity contribution in [2.75, 3.05) is 19.3 Å². The number of carbonyl (C=O) groups excluding carboxylic acids is 1. The van der Waals surface area contributed by atoms with E-state index in [-0.39, 0.29) is 16.7 Å². The fourth-order valence-electron chi connectivity index (χ4n) is 1.18. The van der Waals surface area contributed by atoms with Crippen LogP contribution in [0, 0.1) is 0 Å². The molecule has 2 atom stereocenters. The zero-order chi connectivity index (χ0) is 13.5. The average Bonchev–Trinajstić information content (AvgIpc) is 2.23. The summed E-state index contributed by atoms with van der Waals surface area (Å²) in [5, 5.41) is 6.20. The van der Waals surface area contributed by atoms with Gasteiger partial charge in [-0.15, -0.1) is 0 Å². The zero-order valence-electron chi connectivity index (χ0n) is 11.6. The Kier molecular flexibility index (Phi) is 7.63. The monoisotopic (exact) mass is 262 g/mol. The van der Waals surface area contributed by atoms with E-state index >= 15 is 0 Å². The molecular formula is C12H26N2O2S. The zero-order valence-corrected chi connectivity index (χ0v) is 12.4. The Hall–Kier alpha value is -0.420. The second kappa shape index (κ2) is 7.82. The highest BCUT2D eigenvalue weighted by molar-refractivity contribution is 7.84. The van der Waals surface area contributed by atoms with Gasteiger partial charge in [-0.2, -0.15) is 0 Å². The highest BCUT2D eigenvalue weighted by atomic mass is 32.2. The Bertz CT molecular complexity index is 267. The van der Waals surface area contributed by atoms with Gasteiger partial charge in [0.2, 0.25) is 5.91 Å². The Morgan fingerprint density at radius 1 is 1.41 bits per heavy atom. The van der Waals surface area contributed by atoms with E-state index in [1.807, 2.05) is 27.7 Å². The predicted octanol–water partition coefficient (Wildman–Crippen LogP) is 1.04. The Labute approximate surface area is 107 Å². The molecule has 0 saturated heterocycles. The highest BCUT2D eigenvalue weighted by Crippen LogP contribution is 2.05. The van der Waals surface area contributed by atoms with Crippen LogP contribution in [0.1, 0.15) is 40.5 Å². The van der Waals surface area contributed by atoms with Crippen LogP contribution in [-0.4, -0.2) is 40.3 Å². The van der Waals surface area contributed by atoms with E-state index in [1.54, 1.807) is 6.26 Å². The van der Waals surface area contributed by atoms with Gasteiger partial charge in [0.15, 0.2) is 0 Å². The summed E-state index contributed by atoms with van der Waals surface area (Å²) in [5.74, 6) is 0.0159. The van der Waals surface area contributed by atoms with Crippen LogP contribution in [0.4, 0.5) is 0 Å². The lowest BCUT2D eigenvalue weighted by Gasteiger charge is -2.24. The van der Waals surface area contributed by atoms with Gasteiger partial charge in [0.1, 0.15) is 0 Å². The van der Waals surface area contributed by atoms with Crippen molar-refractivity contribution in [2.45, 2.75) is 51.3 Å². The van der Waals surface area contributed by atoms with E-state index in [9.17, 15) is 9.00 Å². The van der Waals surface area contributed by atoms with Gasteiger partial charge < -0.3 is 10.6 Å². The summed E-state index contributed by atoms with van der Waals surface area (Å²) in [6.45, 7) is 9.07. The summed E-state index contributed by atoms with van der Waals surface area (Å²) in [7, 11) is -0.782. The molecule has 0 spiro atoms. The molecule has 102 valence electrons. The van der Waals surface area contributed by atoms with Crippen molar-refractivity contribution >= 4 is 16.7 Å². The number of hydrogen-bond acceptors (Lipinski definition) is 3. The number of carbonyl (C=O) groups is 1. The molecule has 0 fully saturated rings. The van der Waals surface area contributed by atoms with Crippen molar-refractivity contribution in [3.05, 3.63) is 0 Å². The van der Waals surface area contributed by atoms with E-state index in [2.05, 4.69) is 10.6 Å². The highest BCUT2D eigenvalue weighted by Gasteiger charge is 2.17. The van der Waals surface area contributed by atoms with Crippen LogP contribution in [0.15, 0.2) is 0 Å². The number of rotatable bonds is 8. The number of amides is 1. The van der Waals surface area contributed by atoms with Crippen LogP contribution in [0.2, 0.25) is 0 Å². The lowest BCUT2D eigenvalue weighted by molar-refractivity contribution is -0.121. The fourth-order valence-corrected chi connectivity index (χ4v) is 1.63. The molecule has 4 nitrogen and oxygen atoms in total. The summed E-state index contributed by atoms with van der Waals surface area (Å²) in [6.07, 6.45) is 3.44. The lowest BCUT2D eigenvalue weighted by atomic mass is 10.0. The van der Waals surface area contributed by atoms with Crippen LogP contribution in [0.5, 0.6) is 0 Å². The van der Waals surface area contributed by atoms with Gasteiger partial charge in [-0.25, -0.2) is 0 Å². The summed E-state index contributed by atoms with van der Waals surface area (Å²) in [6, 6.07) is 0. The Morgan fingerprint density at radius 3 is 2.47 bits per heavy atom. The molecule has 0 aliphatic heterocycles. The summed E-state index contributed by atoms with van der Waals surface area (Å²) < 4.78 is 11.1. The molecule has 17 heavy (non-hydrogen) atoms. The standard InChI is InChI=1S/C12H26N2O2S/c1-6-12(3,4)14-11(15)9-13-8-7-10(2)17(5)16/h10,13H,6-9H2,1-5H3,(H,14,15). The van der Waals surface area contributed by atoms with Crippen LogP contribution in [-0.2, 0) is 15.6 Å². The maximum Gasteiger partial charge on any atom is 0.234 e. The summed E-state index contributed by atoms with van der Waals surface area (Å²) in [4.78, 5) is 11.6. The lowest BCUT2D eigenvalue weighted by Crippen LogP contribution is -2.46. The maximum atomic E-state index is 11.6. The topological polar surface area (TPSA) is 58.2 Å². The largest absolute Gasteiger partial charge is 0.350 e. The van der Waals surface area contributed by atoms with E-state index in [0.717, 1.165) is 19.4 Å².